The monoisotopic (exact) mass is 392 g/mol. The summed E-state index contributed by atoms with van der Waals surface area (Å²) in [7, 11) is 0. The molecule has 0 bridgehead atoms. The molecular formula is C21H22N5OS+. The number of nitrogens with zero attached hydrogens (tertiary/aromatic N) is 4. The van der Waals surface area contributed by atoms with Gasteiger partial charge < -0.3 is 14.9 Å². The molecule has 2 aromatic heterocycles. The number of rotatable bonds is 4. The van der Waals surface area contributed by atoms with Gasteiger partial charge in [-0.05, 0) is 12.1 Å². The Morgan fingerprint density at radius 1 is 0.964 bits per heavy atom. The van der Waals surface area contributed by atoms with Gasteiger partial charge in [-0.3, -0.25) is 0 Å². The van der Waals surface area contributed by atoms with Crippen molar-refractivity contribution in [2.45, 2.75) is 6.04 Å². The lowest BCUT2D eigenvalue weighted by molar-refractivity contribution is -0.925. The van der Waals surface area contributed by atoms with Crippen molar-refractivity contribution in [1.82, 2.24) is 14.6 Å². The fourth-order valence-corrected chi connectivity index (χ4v) is 5.19. The lowest BCUT2D eigenvalue weighted by Crippen LogP contribution is -3.15. The Kier molecular flexibility index (Phi) is 4.46. The number of hydrogen-bond donors (Lipinski definition) is 2. The molecule has 1 aliphatic rings. The van der Waals surface area contributed by atoms with Crippen LogP contribution in [0.3, 0.4) is 0 Å². The first kappa shape index (κ1) is 17.2. The van der Waals surface area contributed by atoms with E-state index in [1.54, 1.807) is 0 Å². The first-order chi connectivity index (χ1) is 13.8. The molecule has 4 aromatic rings. The summed E-state index contributed by atoms with van der Waals surface area (Å²) in [4.78, 5) is 9.83. The smallest absolute Gasteiger partial charge is 0.235 e. The van der Waals surface area contributed by atoms with Crippen molar-refractivity contribution < 1.29 is 10.0 Å². The molecule has 6 nitrogen and oxygen atoms in total. The van der Waals surface area contributed by atoms with Gasteiger partial charge in [0.05, 0.1) is 26.2 Å². The van der Waals surface area contributed by atoms with Gasteiger partial charge in [0, 0.05) is 11.3 Å². The Morgan fingerprint density at radius 3 is 2.32 bits per heavy atom. The highest BCUT2D eigenvalue weighted by atomic mass is 32.1. The minimum absolute atomic E-state index is 0.0765. The SMILES string of the molecule is Oc1c([C@H](c2ccccc2)[NH+]2CCN(c3ccccc3)CC2)sc2ncnn12. The summed E-state index contributed by atoms with van der Waals surface area (Å²) in [6, 6.07) is 21.1. The molecule has 142 valence electrons. The second kappa shape index (κ2) is 7.26. The van der Waals surface area contributed by atoms with E-state index in [1.165, 1.54) is 38.3 Å². The second-order valence-corrected chi connectivity index (χ2v) is 8.08. The van der Waals surface area contributed by atoms with Crippen LogP contribution in [0, 0.1) is 0 Å². The summed E-state index contributed by atoms with van der Waals surface area (Å²) in [6.45, 7) is 3.98. The number of fused-ring (bicyclic) bond motifs is 1. The molecule has 7 heteroatoms. The molecular weight excluding hydrogens is 370 g/mol. The normalized spacial score (nSPS) is 16.5. The number of aromatic nitrogens is 3. The van der Waals surface area contributed by atoms with Crippen LogP contribution in [0.2, 0.25) is 0 Å². The van der Waals surface area contributed by atoms with Crippen LogP contribution in [0.1, 0.15) is 16.5 Å². The standard InChI is InChI=1S/C21H21N5OS/c27-20-19(28-21-22-15-23-26(20)21)18(16-7-3-1-4-8-16)25-13-11-24(12-14-25)17-9-5-2-6-10-17/h1-10,15,18,27H,11-14H2/p+1/t18-/m0/s1. The van der Waals surface area contributed by atoms with E-state index >= 15 is 0 Å². The van der Waals surface area contributed by atoms with Gasteiger partial charge in [-0.25, -0.2) is 4.98 Å². The number of para-hydroxylation sites is 1. The predicted octanol–water partition coefficient (Wildman–Crippen LogP) is 1.99. The van der Waals surface area contributed by atoms with Crippen molar-refractivity contribution in [2.75, 3.05) is 31.1 Å². The first-order valence-corrected chi connectivity index (χ1v) is 10.3. The molecule has 2 N–H and O–H groups in total. The molecule has 0 aliphatic carbocycles. The van der Waals surface area contributed by atoms with Crippen LogP contribution in [0.15, 0.2) is 67.0 Å². The zero-order valence-electron chi connectivity index (χ0n) is 15.4. The molecule has 0 spiro atoms. The van der Waals surface area contributed by atoms with E-state index in [0.717, 1.165) is 36.0 Å². The van der Waals surface area contributed by atoms with E-state index < -0.39 is 0 Å². The number of aromatic hydroxyl groups is 1. The topological polar surface area (TPSA) is 58.1 Å². The Labute approximate surface area is 167 Å². The average molecular weight is 393 g/mol. The molecule has 1 aliphatic heterocycles. The van der Waals surface area contributed by atoms with Crippen LogP contribution in [0.5, 0.6) is 5.88 Å². The van der Waals surface area contributed by atoms with E-state index in [4.69, 9.17) is 0 Å². The number of hydrogen-bond acceptors (Lipinski definition) is 5. The van der Waals surface area contributed by atoms with Crippen molar-refractivity contribution in [3.8, 4) is 5.88 Å². The van der Waals surface area contributed by atoms with Gasteiger partial charge in [0.25, 0.3) is 0 Å². The van der Waals surface area contributed by atoms with E-state index in [1.807, 2.05) is 6.07 Å². The summed E-state index contributed by atoms with van der Waals surface area (Å²) >= 11 is 1.53. The third kappa shape index (κ3) is 3.02. The van der Waals surface area contributed by atoms with E-state index in [9.17, 15) is 5.11 Å². The molecule has 1 fully saturated rings. The molecule has 5 rings (SSSR count). The van der Waals surface area contributed by atoms with Crippen LogP contribution >= 0.6 is 11.3 Å². The molecule has 0 saturated carbocycles. The fourth-order valence-electron chi connectivity index (χ4n) is 4.08. The Morgan fingerprint density at radius 2 is 1.64 bits per heavy atom. The average Bonchev–Trinajstić information content (AvgIpc) is 3.34. The maximum Gasteiger partial charge on any atom is 0.235 e. The van der Waals surface area contributed by atoms with E-state index in [0.29, 0.717) is 0 Å². The quantitative estimate of drug-likeness (QED) is 0.558. The van der Waals surface area contributed by atoms with Gasteiger partial charge >= 0.3 is 0 Å². The van der Waals surface area contributed by atoms with Gasteiger partial charge in [-0.1, -0.05) is 59.9 Å². The minimum atomic E-state index is 0.0765. The van der Waals surface area contributed by atoms with Crippen LogP contribution in [-0.2, 0) is 0 Å². The molecule has 1 atom stereocenters. The summed E-state index contributed by atoms with van der Waals surface area (Å²) in [5, 5.41) is 15.0. The molecule has 0 radical (unpaired) electrons. The van der Waals surface area contributed by atoms with Crippen LogP contribution in [-0.4, -0.2) is 45.9 Å². The predicted molar refractivity (Wildman–Crippen MR) is 110 cm³/mol. The van der Waals surface area contributed by atoms with Crippen LogP contribution in [0.25, 0.3) is 4.96 Å². The van der Waals surface area contributed by atoms with Crippen molar-refractivity contribution in [1.29, 1.82) is 0 Å². The number of benzene rings is 2. The minimum Gasteiger partial charge on any atom is -0.492 e. The number of quaternary nitrogens is 1. The highest BCUT2D eigenvalue weighted by Gasteiger charge is 2.34. The van der Waals surface area contributed by atoms with Gasteiger partial charge in [0.2, 0.25) is 10.8 Å². The third-order valence-electron chi connectivity index (χ3n) is 5.47. The summed E-state index contributed by atoms with van der Waals surface area (Å²) in [5.74, 6) is 0.212. The molecule has 3 heterocycles. The van der Waals surface area contributed by atoms with E-state index in [-0.39, 0.29) is 11.9 Å². The lowest BCUT2D eigenvalue weighted by atomic mass is 10.0. The van der Waals surface area contributed by atoms with E-state index in [2.05, 4.69) is 69.6 Å². The zero-order valence-corrected chi connectivity index (χ0v) is 16.2. The van der Waals surface area contributed by atoms with Gasteiger partial charge in [0.15, 0.2) is 6.04 Å². The Balaban J connectivity index is 1.46. The number of nitrogens with one attached hydrogen (secondary N) is 1. The van der Waals surface area contributed by atoms with Gasteiger partial charge in [-0.15, -0.1) is 0 Å². The van der Waals surface area contributed by atoms with Gasteiger partial charge in [0.1, 0.15) is 11.2 Å². The zero-order chi connectivity index (χ0) is 18.9. The molecule has 1 saturated heterocycles. The van der Waals surface area contributed by atoms with Crippen molar-refractivity contribution in [2.24, 2.45) is 0 Å². The Bertz CT molecular complexity index is 1050. The highest BCUT2D eigenvalue weighted by molar-refractivity contribution is 7.17. The molecule has 2 aromatic carbocycles. The molecule has 0 amide bonds. The molecule has 28 heavy (non-hydrogen) atoms. The fraction of sp³-hybridized carbons (Fsp3) is 0.238. The van der Waals surface area contributed by atoms with Crippen molar-refractivity contribution in [3.63, 3.8) is 0 Å². The highest BCUT2D eigenvalue weighted by Crippen LogP contribution is 2.34. The summed E-state index contributed by atoms with van der Waals surface area (Å²) in [6.07, 6.45) is 1.48. The lowest BCUT2D eigenvalue weighted by Gasteiger charge is -2.37. The van der Waals surface area contributed by atoms with Crippen molar-refractivity contribution >= 4 is 22.0 Å². The third-order valence-corrected chi connectivity index (χ3v) is 6.57. The number of anilines is 1. The first-order valence-electron chi connectivity index (χ1n) is 9.52. The molecule has 0 unspecified atom stereocenters. The Hall–Kier alpha value is -2.90. The number of piperazine rings is 1. The van der Waals surface area contributed by atoms with Gasteiger partial charge in [-0.2, -0.15) is 9.61 Å². The largest absolute Gasteiger partial charge is 0.492 e. The second-order valence-electron chi connectivity index (χ2n) is 7.07. The van der Waals surface area contributed by atoms with Crippen LogP contribution in [0.4, 0.5) is 5.69 Å². The maximum atomic E-state index is 10.8. The summed E-state index contributed by atoms with van der Waals surface area (Å²) in [5.41, 5.74) is 2.49. The van der Waals surface area contributed by atoms with Crippen molar-refractivity contribution in [3.05, 3.63) is 77.4 Å². The van der Waals surface area contributed by atoms with Crippen LogP contribution < -0.4 is 9.80 Å². The maximum absolute atomic E-state index is 10.8. The summed E-state index contributed by atoms with van der Waals surface area (Å²) < 4.78 is 1.54. The number of thiazole rings is 1.